The Morgan fingerprint density at radius 3 is 2.68 bits per heavy atom. The van der Waals surface area contributed by atoms with Gasteiger partial charge in [0.15, 0.2) is 0 Å². The van der Waals surface area contributed by atoms with E-state index in [-0.39, 0.29) is 18.0 Å². The third-order valence-corrected chi connectivity index (χ3v) is 3.81. The lowest BCUT2D eigenvalue weighted by atomic mass is 10.0. The maximum absolute atomic E-state index is 12.4. The molecule has 0 aliphatic carbocycles. The molecule has 2 N–H and O–H groups in total. The molecule has 19 heavy (non-hydrogen) atoms. The van der Waals surface area contributed by atoms with Gasteiger partial charge >= 0.3 is 0 Å². The Balaban J connectivity index is 2.22. The molecule has 1 aromatic rings. The molecule has 4 nitrogen and oxygen atoms in total. The zero-order valence-corrected chi connectivity index (χ0v) is 11.7. The van der Waals surface area contributed by atoms with Crippen LogP contribution in [0.2, 0.25) is 0 Å². The van der Waals surface area contributed by atoms with E-state index in [2.05, 4.69) is 24.1 Å². The van der Waals surface area contributed by atoms with Gasteiger partial charge in [0.05, 0.1) is 12.1 Å². The molecule has 1 aromatic carbocycles. The van der Waals surface area contributed by atoms with Gasteiger partial charge in [-0.15, -0.1) is 0 Å². The number of carbonyl (C=O) groups excluding carboxylic acids is 1. The third kappa shape index (κ3) is 3.14. The van der Waals surface area contributed by atoms with Gasteiger partial charge in [0, 0.05) is 19.6 Å². The highest BCUT2D eigenvalue weighted by atomic mass is 16.2. The summed E-state index contributed by atoms with van der Waals surface area (Å²) in [6.07, 6.45) is 0.687. The zero-order valence-electron chi connectivity index (χ0n) is 11.7. The number of rotatable bonds is 3. The minimum absolute atomic E-state index is 0.0736. The molecular formula is C15H23N3O. The molecule has 2 unspecified atom stereocenters. The first kappa shape index (κ1) is 14.0. The Kier molecular flexibility index (Phi) is 4.56. The van der Waals surface area contributed by atoms with E-state index < -0.39 is 0 Å². The quantitative estimate of drug-likeness (QED) is 0.890. The van der Waals surface area contributed by atoms with Crippen LogP contribution in [-0.4, -0.2) is 48.4 Å². The smallest absolute Gasteiger partial charge is 0.240 e. The van der Waals surface area contributed by atoms with Crippen molar-refractivity contribution in [3.8, 4) is 0 Å². The van der Waals surface area contributed by atoms with Gasteiger partial charge in [0.2, 0.25) is 5.91 Å². The molecule has 104 valence electrons. The fraction of sp³-hybridized carbons (Fsp3) is 0.533. The second-order valence-corrected chi connectivity index (χ2v) is 5.24. The Morgan fingerprint density at radius 2 is 2.05 bits per heavy atom. The first-order chi connectivity index (χ1) is 9.13. The van der Waals surface area contributed by atoms with Gasteiger partial charge < -0.3 is 15.5 Å². The van der Waals surface area contributed by atoms with E-state index in [4.69, 9.17) is 5.73 Å². The van der Waals surface area contributed by atoms with E-state index >= 15 is 0 Å². The van der Waals surface area contributed by atoms with Gasteiger partial charge in [-0.05, 0) is 19.0 Å². The van der Waals surface area contributed by atoms with Gasteiger partial charge in [-0.1, -0.05) is 37.3 Å². The molecule has 0 bridgehead atoms. The first-order valence-corrected chi connectivity index (χ1v) is 6.93. The molecule has 2 rings (SSSR count). The number of carbonyl (C=O) groups is 1. The number of hydrogen-bond acceptors (Lipinski definition) is 3. The molecule has 1 aliphatic heterocycles. The van der Waals surface area contributed by atoms with Crippen LogP contribution in [0.3, 0.4) is 0 Å². The summed E-state index contributed by atoms with van der Waals surface area (Å²) in [6, 6.07) is 9.95. The fourth-order valence-corrected chi connectivity index (χ4v) is 2.53. The molecule has 0 radical (unpaired) electrons. The zero-order chi connectivity index (χ0) is 13.8. The molecule has 0 saturated carbocycles. The molecule has 2 atom stereocenters. The minimum atomic E-state index is -0.380. The van der Waals surface area contributed by atoms with Crippen molar-refractivity contribution in [2.24, 2.45) is 5.73 Å². The average Bonchev–Trinajstić information content (AvgIpc) is 2.46. The molecule has 1 heterocycles. The van der Waals surface area contributed by atoms with E-state index in [1.54, 1.807) is 0 Å². The molecule has 1 saturated heterocycles. The van der Waals surface area contributed by atoms with Crippen molar-refractivity contribution in [2.75, 3.05) is 26.7 Å². The van der Waals surface area contributed by atoms with Crippen LogP contribution in [0.1, 0.15) is 24.9 Å². The number of piperazine rings is 1. The maximum Gasteiger partial charge on any atom is 0.240 e. The Bertz CT molecular complexity index is 421. The Labute approximate surface area is 115 Å². The summed E-state index contributed by atoms with van der Waals surface area (Å²) in [4.78, 5) is 16.6. The number of nitrogens with two attached hydrogens (primary N) is 1. The summed E-state index contributed by atoms with van der Waals surface area (Å²) in [5.41, 5.74) is 7.10. The van der Waals surface area contributed by atoms with Crippen LogP contribution < -0.4 is 5.73 Å². The fourth-order valence-electron chi connectivity index (χ4n) is 2.53. The second kappa shape index (κ2) is 6.17. The van der Waals surface area contributed by atoms with Gasteiger partial charge in [0.1, 0.15) is 0 Å². The van der Waals surface area contributed by atoms with Crippen molar-refractivity contribution in [3.63, 3.8) is 0 Å². The predicted molar refractivity (Wildman–Crippen MR) is 76.7 cm³/mol. The molecule has 4 heteroatoms. The van der Waals surface area contributed by atoms with Crippen LogP contribution in [-0.2, 0) is 4.79 Å². The summed E-state index contributed by atoms with van der Waals surface area (Å²) < 4.78 is 0. The number of hydrogen-bond donors (Lipinski definition) is 1. The molecule has 1 amide bonds. The van der Waals surface area contributed by atoms with Crippen LogP contribution in [0.15, 0.2) is 30.3 Å². The summed E-state index contributed by atoms with van der Waals surface area (Å²) in [5, 5.41) is 0. The molecule has 1 fully saturated rings. The highest BCUT2D eigenvalue weighted by Gasteiger charge is 2.31. The highest BCUT2D eigenvalue weighted by molar-refractivity contribution is 5.82. The van der Waals surface area contributed by atoms with E-state index in [0.29, 0.717) is 6.42 Å². The molecular weight excluding hydrogens is 238 g/mol. The van der Waals surface area contributed by atoms with Crippen LogP contribution in [0.4, 0.5) is 0 Å². The van der Waals surface area contributed by atoms with E-state index in [9.17, 15) is 4.79 Å². The summed E-state index contributed by atoms with van der Waals surface area (Å²) >= 11 is 0. The lowest BCUT2D eigenvalue weighted by molar-refractivity contribution is -0.137. The van der Waals surface area contributed by atoms with Crippen molar-refractivity contribution in [1.29, 1.82) is 0 Å². The van der Waals surface area contributed by atoms with Crippen LogP contribution in [0.5, 0.6) is 0 Å². The molecule has 0 aromatic heterocycles. The Hall–Kier alpha value is -1.39. The van der Waals surface area contributed by atoms with Crippen molar-refractivity contribution in [2.45, 2.75) is 25.4 Å². The number of nitrogens with zero attached hydrogens (tertiary/aromatic N) is 2. The van der Waals surface area contributed by atoms with E-state index in [1.807, 2.05) is 30.0 Å². The third-order valence-electron chi connectivity index (χ3n) is 3.81. The summed E-state index contributed by atoms with van der Waals surface area (Å²) in [5.74, 6) is 0.0736. The number of amides is 1. The van der Waals surface area contributed by atoms with E-state index in [0.717, 1.165) is 19.6 Å². The van der Waals surface area contributed by atoms with Gasteiger partial charge in [-0.3, -0.25) is 4.79 Å². The van der Waals surface area contributed by atoms with Gasteiger partial charge in [0.25, 0.3) is 0 Å². The van der Waals surface area contributed by atoms with Crippen molar-refractivity contribution in [3.05, 3.63) is 35.9 Å². The SMILES string of the molecule is CCC(N)C(=O)N1CCN(C)CC1c1ccccc1. The normalized spacial score (nSPS) is 22.3. The maximum atomic E-state index is 12.4. The standard InChI is InChI=1S/C15H23N3O/c1-3-13(16)15(19)18-10-9-17(2)11-14(18)12-7-5-4-6-8-12/h4-8,13-14H,3,9-11,16H2,1-2H3. The van der Waals surface area contributed by atoms with Crippen LogP contribution >= 0.6 is 0 Å². The van der Waals surface area contributed by atoms with Crippen molar-refractivity contribution < 1.29 is 4.79 Å². The van der Waals surface area contributed by atoms with Crippen molar-refractivity contribution in [1.82, 2.24) is 9.80 Å². The second-order valence-electron chi connectivity index (χ2n) is 5.24. The average molecular weight is 261 g/mol. The molecule has 1 aliphatic rings. The largest absolute Gasteiger partial charge is 0.332 e. The first-order valence-electron chi connectivity index (χ1n) is 6.93. The van der Waals surface area contributed by atoms with Gasteiger partial charge in [-0.2, -0.15) is 0 Å². The number of benzene rings is 1. The van der Waals surface area contributed by atoms with Crippen LogP contribution in [0.25, 0.3) is 0 Å². The van der Waals surface area contributed by atoms with E-state index in [1.165, 1.54) is 5.56 Å². The highest BCUT2D eigenvalue weighted by Crippen LogP contribution is 2.25. The monoisotopic (exact) mass is 261 g/mol. The Morgan fingerprint density at radius 1 is 1.37 bits per heavy atom. The number of likely N-dealkylation sites (N-methyl/N-ethyl adjacent to an activating group) is 1. The minimum Gasteiger partial charge on any atom is -0.332 e. The van der Waals surface area contributed by atoms with Crippen molar-refractivity contribution >= 4 is 5.91 Å². The van der Waals surface area contributed by atoms with Gasteiger partial charge in [-0.25, -0.2) is 0 Å². The van der Waals surface area contributed by atoms with Crippen LogP contribution in [0, 0.1) is 0 Å². The predicted octanol–water partition coefficient (Wildman–Crippen LogP) is 1.24. The summed E-state index contributed by atoms with van der Waals surface area (Å²) in [6.45, 7) is 4.48. The lowest BCUT2D eigenvalue weighted by Gasteiger charge is -2.41. The summed E-state index contributed by atoms with van der Waals surface area (Å²) in [7, 11) is 2.09. The topological polar surface area (TPSA) is 49.6 Å². The lowest BCUT2D eigenvalue weighted by Crippen LogP contribution is -2.53. The molecule has 0 spiro atoms.